The maximum Gasteiger partial charge on any atom is 0.191 e. The van der Waals surface area contributed by atoms with Crippen LogP contribution in [0.5, 0.6) is 11.5 Å². The van der Waals surface area contributed by atoms with Gasteiger partial charge in [0.2, 0.25) is 0 Å². The van der Waals surface area contributed by atoms with Gasteiger partial charge >= 0.3 is 0 Å². The molecular formula is C15H25N3O2. The van der Waals surface area contributed by atoms with Crippen molar-refractivity contribution >= 4 is 5.96 Å². The van der Waals surface area contributed by atoms with Crippen molar-refractivity contribution in [2.45, 2.75) is 33.4 Å². The minimum absolute atomic E-state index is 0.346. The van der Waals surface area contributed by atoms with Crippen molar-refractivity contribution in [3.63, 3.8) is 0 Å². The van der Waals surface area contributed by atoms with Gasteiger partial charge in [0.1, 0.15) is 0 Å². The molecule has 0 aromatic heterocycles. The Morgan fingerprint density at radius 2 is 1.90 bits per heavy atom. The molecule has 1 aromatic carbocycles. The predicted octanol–water partition coefficient (Wildman–Crippen LogP) is 2.17. The molecule has 0 atom stereocenters. The zero-order chi connectivity index (χ0) is 15.0. The first-order valence-electron chi connectivity index (χ1n) is 6.86. The fourth-order valence-corrected chi connectivity index (χ4v) is 1.74. The number of nitrogens with one attached hydrogen (secondary N) is 2. The number of ether oxygens (including phenoxy) is 2. The first-order valence-corrected chi connectivity index (χ1v) is 6.86. The van der Waals surface area contributed by atoms with E-state index in [2.05, 4.69) is 29.5 Å². The summed E-state index contributed by atoms with van der Waals surface area (Å²) in [6.45, 7) is 7.65. The monoisotopic (exact) mass is 279 g/mol. The van der Waals surface area contributed by atoms with Gasteiger partial charge in [-0.2, -0.15) is 0 Å². The largest absolute Gasteiger partial charge is 0.493 e. The Morgan fingerprint density at radius 1 is 1.20 bits per heavy atom. The van der Waals surface area contributed by atoms with E-state index in [-0.39, 0.29) is 0 Å². The van der Waals surface area contributed by atoms with Gasteiger partial charge in [0.05, 0.1) is 20.8 Å². The quantitative estimate of drug-likeness (QED) is 0.619. The summed E-state index contributed by atoms with van der Waals surface area (Å²) in [6, 6.07) is 6.18. The van der Waals surface area contributed by atoms with E-state index in [1.807, 2.05) is 25.1 Å². The fourth-order valence-electron chi connectivity index (χ4n) is 1.74. The molecular weight excluding hydrogens is 254 g/mol. The summed E-state index contributed by atoms with van der Waals surface area (Å²) in [5, 5.41) is 6.50. The number of rotatable bonds is 6. The number of hydrogen-bond acceptors (Lipinski definition) is 3. The summed E-state index contributed by atoms with van der Waals surface area (Å²) in [6.07, 6.45) is 0. The zero-order valence-electron chi connectivity index (χ0n) is 13.0. The molecule has 0 aliphatic carbocycles. The first kappa shape index (κ1) is 16.1. The van der Waals surface area contributed by atoms with Gasteiger partial charge in [-0.3, -0.25) is 0 Å². The molecule has 2 N–H and O–H groups in total. The van der Waals surface area contributed by atoms with E-state index in [1.54, 1.807) is 14.2 Å². The van der Waals surface area contributed by atoms with E-state index in [9.17, 15) is 0 Å². The average Bonchev–Trinajstić information content (AvgIpc) is 2.44. The maximum absolute atomic E-state index is 5.29. The third-order valence-corrected chi connectivity index (χ3v) is 2.64. The van der Waals surface area contributed by atoms with Crippen LogP contribution in [-0.2, 0) is 6.54 Å². The molecule has 0 fully saturated rings. The summed E-state index contributed by atoms with van der Waals surface area (Å²) in [4.78, 5) is 4.55. The van der Waals surface area contributed by atoms with E-state index in [1.165, 1.54) is 0 Å². The molecule has 0 unspecified atom stereocenters. The molecule has 0 saturated carbocycles. The topological polar surface area (TPSA) is 54.9 Å². The van der Waals surface area contributed by atoms with Crippen molar-refractivity contribution in [3.05, 3.63) is 23.8 Å². The van der Waals surface area contributed by atoms with Crippen LogP contribution in [0.3, 0.4) is 0 Å². The molecule has 0 heterocycles. The Bertz CT molecular complexity index is 445. The molecule has 1 rings (SSSR count). The highest BCUT2D eigenvalue weighted by Gasteiger charge is 2.05. The Kier molecular flexibility index (Phi) is 6.70. The number of nitrogens with zero attached hydrogens (tertiary/aromatic N) is 1. The van der Waals surface area contributed by atoms with Crippen molar-refractivity contribution in [1.29, 1.82) is 0 Å². The van der Waals surface area contributed by atoms with Crippen molar-refractivity contribution in [2.75, 3.05) is 20.8 Å². The molecule has 0 bridgehead atoms. The molecule has 0 aliphatic rings. The van der Waals surface area contributed by atoms with Gasteiger partial charge in [-0.1, -0.05) is 6.07 Å². The van der Waals surface area contributed by atoms with Crippen molar-refractivity contribution in [1.82, 2.24) is 10.6 Å². The molecule has 0 radical (unpaired) electrons. The highest BCUT2D eigenvalue weighted by atomic mass is 16.5. The maximum atomic E-state index is 5.29. The van der Waals surface area contributed by atoms with Gasteiger partial charge in [-0.05, 0) is 38.5 Å². The fraction of sp³-hybridized carbons (Fsp3) is 0.533. The summed E-state index contributed by atoms with van der Waals surface area (Å²) in [7, 11) is 3.26. The first-order chi connectivity index (χ1) is 9.60. The van der Waals surface area contributed by atoms with Gasteiger partial charge < -0.3 is 20.1 Å². The number of guanidine groups is 1. The van der Waals surface area contributed by atoms with Crippen molar-refractivity contribution in [2.24, 2.45) is 4.99 Å². The molecule has 0 saturated heterocycles. The second kappa shape index (κ2) is 8.30. The van der Waals surface area contributed by atoms with Crippen LogP contribution in [0.25, 0.3) is 0 Å². The number of hydrogen-bond donors (Lipinski definition) is 2. The van der Waals surface area contributed by atoms with E-state index < -0.39 is 0 Å². The molecule has 112 valence electrons. The molecule has 5 heteroatoms. The normalized spacial score (nSPS) is 11.4. The van der Waals surface area contributed by atoms with Gasteiger partial charge in [0.15, 0.2) is 17.5 Å². The lowest BCUT2D eigenvalue weighted by molar-refractivity contribution is 0.354. The van der Waals surface area contributed by atoms with E-state index in [0.717, 1.165) is 29.6 Å². The smallest absolute Gasteiger partial charge is 0.191 e. The van der Waals surface area contributed by atoms with Gasteiger partial charge in [-0.25, -0.2) is 4.99 Å². The lowest BCUT2D eigenvalue weighted by Gasteiger charge is -2.14. The van der Waals surface area contributed by atoms with Crippen LogP contribution in [0.4, 0.5) is 0 Å². The predicted molar refractivity (Wildman–Crippen MR) is 82.6 cm³/mol. The highest BCUT2D eigenvalue weighted by Crippen LogP contribution is 2.27. The highest BCUT2D eigenvalue weighted by molar-refractivity contribution is 5.80. The summed E-state index contributed by atoms with van der Waals surface area (Å²) >= 11 is 0. The van der Waals surface area contributed by atoms with Crippen molar-refractivity contribution < 1.29 is 9.47 Å². The summed E-state index contributed by atoms with van der Waals surface area (Å²) in [5.74, 6) is 2.27. The van der Waals surface area contributed by atoms with Gasteiger partial charge in [0, 0.05) is 12.6 Å². The van der Waals surface area contributed by atoms with Crippen LogP contribution in [0.2, 0.25) is 0 Å². The molecule has 0 spiro atoms. The number of aliphatic imine (C=N–C) groups is 1. The number of benzene rings is 1. The molecule has 1 aromatic rings. The molecule has 5 nitrogen and oxygen atoms in total. The minimum Gasteiger partial charge on any atom is -0.493 e. The third kappa shape index (κ3) is 4.99. The second-order valence-electron chi connectivity index (χ2n) is 4.68. The second-order valence-corrected chi connectivity index (χ2v) is 4.68. The van der Waals surface area contributed by atoms with Crippen LogP contribution in [0, 0.1) is 0 Å². The molecule has 0 amide bonds. The molecule has 20 heavy (non-hydrogen) atoms. The van der Waals surface area contributed by atoms with Crippen LogP contribution in [-0.4, -0.2) is 32.8 Å². The van der Waals surface area contributed by atoms with E-state index in [4.69, 9.17) is 9.47 Å². The van der Waals surface area contributed by atoms with E-state index >= 15 is 0 Å². The summed E-state index contributed by atoms with van der Waals surface area (Å²) in [5.41, 5.74) is 1.07. The zero-order valence-corrected chi connectivity index (χ0v) is 13.0. The van der Waals surface area contributed by atoms with Crippen molar-refractivity contribution in [3.8, 4) is 11.5 Å². The van der Waals surface area contributed by atoms with E-state index in [0.29, 0.717) is 12.6 Å². The minimum atomic E-state index is 0.346. The van der Waals surface area contributed by atoms with Crippen LogP contribution < -0.4 is 20.1 Å². The standard InChI is InChI=1S/C15H25N3O2/c1-6-16-15(18-11(2)3)17-10-12-7-8-13(19-4)14(9-12)20-5/h7-9,11H,6,10H2,1-5H3,(H2,16,17,18). The SMILES string of the molecule is CCNC(=NCc1ccc(OC)c(OC)c1)NC(C)C. The Labute approximate surface area is 121 Å². The molecule has 0 aliphatic heterocycles. The van der Waals surface area contributed by atoms with Crippen LogP contribution in [0.1, 0.15) is 26.3 Å². The number of methoxy groups -OCH3 is 2. The lowest BCUT2D eigenvalue weighted by atomic mass is 10.2. The van der Waals surface area contributed by atoms with Crippen LogP contribution in [0.15, 0.2) is 23.2 Å². The third-order valence-electron chi connectivity index (χ3n) is 2.64. The van der Waals surface area contributed by atoms with Gasteiger partial charge in [0.25, 0.3) is 0 Å². The van der Waals surface area contributed by atoms with Crippen LogP contribution >= 0.6 is 0 Å². The summed E-state index contributed by atoms with van der Waals surface area (Å²) < 4.78 is 10.5. The Balaban J connectivity index is 2.80. The van der Waals surface area contributed by atoms with Gasteiger partial charge in [-0.15, -0.1) is 0 Å². The average molecular weight is 279 g/mol. The lowest BCUT2D eigenvalue weighted by Crippen LogP contribution is -2.40. The Morgan fingerprint density at radius 3 is 2.45 bits per heavy atom. The Hall–Kier alpha value is -1.91.